The van der Waals surface area contributed by atoms with Gasteiger partial charge in [0.15, 0.2) is 6.23 Å². The summed E-state index contributed by atoms with van der Waals surface area (Å²) in [5.74, 6) is 0. The van der Waals surface area contributed by atoms with Gasteiger partial charge in [-0.3, -0.25) is 19.2 Å². The van der Waals surface area contributed by atoms with E-state index in [4.69, 9.17) is 4.74 Å². The van der Waals surface area contributed by atoms with Crippen molar-refractivity contribution < 1.29 is 9.84 Å². The highest BCUT2D eigenvalue weighted by Crippen LogP contribution is 2.33. The van der Waals surface area contributed by atoms with Crippen molar-refractivity contribution in [1.82, 2.24) is 14.5 Å². The topological polar surface area (TPSA) is 87.6 Å². The molecule has 1 aromatic heterocycles. The summed E-state index contributed by atoms with van der Waals surface area (Å²) in [6.07, 6.45) is 4.98. The number of H-pyrrole nitrogens is 1. The highest BCUT2D eigenvalue weighted by Gasteiger charge is 2.40. The van der Waals surface area contributed by atoms with Crippen LogP contribution >= 0.6 is 0 Å². The number of likely N-dealkylation sites (tertiary alicyclic amines) is 1. The van der Waals surface area contributed by atoms with Crippen LogP contribution in [0.3, 0.4) is 0 Å². The van der Waals surface area contributed by atoms with E-state index in [2.05, 4.69) is 9.88 Å². The molecular weight excluding hydrogens is 274 g/mol. The molecule has 0 aliphatic carbocycles. The normalized spacial score (nSPS) is 30.6. The van der Waals surface area contributed by atoms with Gasteiger partial charge in [-0.05, 0) is 32.4 Å². The molecule has 0 saturated carbocycles. The number of aliphatic hydroxyl groups is 1. The fourth-order valence-corrected chi connectivity index (χ4v) is 3.30. The monoisotopic (exact) mass is 295 g/mol. The van der Waals surface area contributed by atoms with Gasteiger partial charge < -0.3 is 9.84 Å². The van der Waals surface area contributed by atoms with E-state index in [-0.39, 0.29) is 18.8 Å². The van der Waals surface area contributed by atoms with Gasteiger partial charge in [0, 0.05) is 12.3 Å². The molecule has 116 valence electrons. The van der Waals surface area contributed by atoms with Crippen LogP contribution in [0.5, 0.6) is 0 Å². The number of aromatic amines is 1. The number of aliphatic hydroxyl groups excluding tert-OH is 1. The van der Waals surface area contributed by atoms with Crippen molar-refractivity contribution in [3.8, 4) is 0 Å². The summed E-state index contributed by atoms with van der Waals surface area (Å²) in [5.41, 5.74) is -0.879. The van der Waals surface area contributed by atoms with Crippen molar-refractivity contribution in [2.45, 2.75) is 44.1 Å². The Morgan fingerprint density at radius 3 is 2.71 bits per heavy atom. The summed E-state index contributed by atoms with van der Waals surface area (Å²) < 4.78 is 7.26. The number of piperidine rings is 1. The molecular formula is C14H21N3O4. The Morgan fingerprint density at radius 1 is 1.29 bits per heavy atom. The van der Waals surface area contributed by atoms with Crippen molar-refractivity contribution in [2.75, 3.05) is 19.7 Å². The lowest BCUT2D eigenvalue weighted by atomic mass is 10.0. The predicted octanol–water partition coefficient (Wildman–Crippen LogP) is -0.329. The first-order chi connectivity index (χ1) is 10.2. The SMILES string of the molecule is O=c1ccn(C2OC(CO)CC2N2CCCCC2)c(=O)[nH]1. The van der Waals surface area contributed by atoms with Crippen LogP contribution in [0.1, 0.15) is 31.9 Å². The number of ether oxygens (including phenoxy) is 1. The van der Waals surface area contributed by atoms with Gasteiger partial charge in [0.25, 0.3) is 5.56 Å². The molecule has 1 aromatic rings. The second-order valence-electron chi connectivity index (χ2n) is 5.75. The van der Waals surface area contributed by atoms with Crippen LogP contribution in [0, 0.1) is 0 Å². The molecule has 7 heteroatoms. The smallest absolute Gasteiger partial charge is 0.330 e. The summed E-state index contributed by atoms with van der Waals surface area (Å²) in [6.45, 7) is 1.92. The van der Waals surface area contributed by atoms with E-state index < -0.39 is 17.5 Å². The molecule has 2 saturated heterocycles. The van der Waals surface area contributed by atoms with Crippen LogP contribution in [0.4, 0.5) is 0 Å². The second-order valence-corrected chi connectivity index (χ2v) is 5.75. The molecule has 2 aliphatic rings. The van der Waals surface area contributed by atoms with Crippen molar-refractivity contribution in [2.24, 2.45) is 0 Å². The summed E-state index contributed by atoms with van der Waals surface area (Å²) in [4.78, 5) is 27.8. The Hall–Kier alpha value is -1.44. The molecule has 2 fully saturated rings. The number of hydrogen-bond acceptors (Lipinski definition) is 5. The molecule has 0 aromatic carbocycles. The quantitative estimate of drug-likeness (QED) is 0.797. The second kappa shape index (κ2) is 6.13. The van der Waals surface area contributed by atoms with Crippen LogP contribution in [-0.2, 0) is 4.74 Å². The first-order valence-electron chi connectivity index (χ1n) is 7.51. The molecule has 2 aliphatic heterocycles. The molecule has 0 bridgehead atoms. The molecule has 7 nitrogen and oxygen atoms in total. The van der Waals surface area contributed by atoms with Gasteiger partial charge in [-0.1, -0.05) is 6.42 Å². The summed E-state index contributed by atoms with van der Waals surface area (Å²) >= 11 is 0. The molecule has 0 amide bonds. The van der Waals surface area contributed by atoms with Gasteiger partial charge in [0.05, 0.1) is 18.8 Å². The standard InChI is InChI=1S/C14H21N3O4/c18-9-10-8-11(16-5-2-1-3-6-16)13(21-10)17-7-4-12(19)15-14(17)20/h4,7,10-11,13,18H,1-3,5-6,8-9H2,(H,15,19,20). The minimum atomic E-state index is -0.465. The Kier molecular flexibility index (Phi) is 4.23. The van der Waals surface area contributed by atoms with E-state index in [1.165, 1.54) is 23.3 Å². The summed E-state index contributed by atoms with van der Waals surface area (Å²) in [6, 6.07) is 1.38. The summed E-state index contributed by atoms with van der Waals surface area (Å²) in [7, 11) is 0. The largest absolute Gasteiger partial charge is 0.394 e. The minimum absolute atomic E-state index is 0.0566. The molecule has 3 heterocycles. The average molecular weight is 295 g/mol. The van der Waals surface area contributed by atoms with E-state index in [9.17, 15) is 14.7 Å². The zero-order valence-electron chi connectivity index (χ0n) is 11.9. The number of hydrogen-bond donors (Lipinski definition) is 2. The van der Waals surface area contributed by atoms with Crippen molar-refractivity contribution in [3.05, 3.63) is 33.1 Å². The van der Waals surface area contributed by atoms with Crippen LogP contribution in [0.15, 0.2) is 21.9 Å². The average Bonchev–Trinajstić information content (AvgIpc) is 2.92. The molecule has 3 rings (SSSR count). The third-order valence-corrected chi connectivity index (χ3v) is 4.35. The van der Waals surface area contributed by atoms with Gasteiger partial charge >= 0.3 is 5.69 Å². The lowest BCUT2D eigenvalue weighted by Gasteiger charge is -2.34. The van der Waals surface area contributed by atoms with Crippen LogP contribution < -0.4 is 11.2 Å². The van der Waals surface area contributed by atoms with Crippen LogP contribution in [-0.4, -0.2) is 51.4 Å². The first-order valence-corrected chi connectivity index (χ1v) is 7.51. The lowest BCUT2D eigenvalue weighted by Crippen LogP contribution is -2.45. The van der Waals surface area contributed by atoms with Gasteiger partial charge in [-0.15, -0.1) is 0 Å². The molecule has 0 spiro atoms. The fraction of sp³-hybridized carbons (Fsp3) is 0.714. The maximum absolute atomic E-state index is 12.0. The van der Waals surface area contributed by atoms with Gasteiger partial charge in [0.2, 0.25) is 0 Å². The lowest BCUT2D eigenvalue weighted by molar-refractivity contribution is -0.0454. The maximum Gasteiger partial charge on any atom is 0.330 e. The number of nitrogens with one attached hydrogen (secondary N) is 1. The van der Waals surface area contributed by atoms with Gasteiger partial charge in [-0.2, -0.15) is 0 Å². The van der Waals surface area contributed by atoms with Crippen molar-refractivity contribution >= 4 is 0 Å². The van der Waals surface area contributed by atoms with Gasteiger partial charge in [0.1, 0.15) is 0 Å². The first kappa shape index (κ1) is 14.5. The van der Waals surface area contributed by atoms with E-state index in [0.717, 1.165) is 25.9 Å². The summed E-state index contributed by atoms with van der Waals surface area (Å²) in [5, 5.41) is 9.37. The zero-order chi connectivity index (χ0) is 14.8. The number of aromatic nitrogens is 2. The molecule has 21 heavy (non-hydrogen) atoms. The van der Waals surface area contributed by atoms with E-state index in [1.54, 1.807) is 0 Å². The fourth-order valence-electron chi connectivity index (χ4n) is 3.30. The Balaban J connectivity index is 1.89. The predicted molar refractivity (Wildman–Crippen MR) is 76.1 cm³/mol. The zero-order valence-corrected chi connectivity index (χ0v) is 11.9. The molecule has 3 unspecified atom stereocenters. The minimum Gasteiger partial charge on any atom is -0.394 e. The highest BCUT2D eigenvalue weighted by atomic mass is 16.5. The highest BCUT2D eigenvalue weighted by molar-refractivity contribution is 4.93. The molecule has 0 radical (unpaired) electrons. The van der Waals surface area contributed by atoms with E-state index in [1.807, 2.05) is 0 Å². The Labute approximate surface area is 122 Å². The van der Waals surface area contributed by atoms with E-state index in [0.29, 0.717) is 6.42 Å². The van der Waals surface area contributed by atoms with Gasteiger partial charge in [-0.25, -0.2) is 4.79 Å². The third-order valence-electron chi connectivity index (χ3n) is 4.35. The van der Waals surface area contributed by atoms with Crippen LogP contribution in [0.25, 0.3) is 0 Å². The third kappa shape index (κ3) is 2.95. The van der Waals surface area contributed by atoms with Crippen molar-refractivity contribution in [1.29, 1.82) is 0 Å². The van der Waals surface area contributed by atoms with Crippen LogP contribution in [0.2, 0.25) is 0 Å². The Bertz CT molecular complexity index is 590. The number of nitrogens with zero attached hydrogens (tertiary/aromatic N) is 2. The maximum atomic E-state index is 12.0. The van der Waals surface area contributed by atoms with E-state index >= 15 is 0 Å². The van der Waals surface area contributed by atoms with Crippen molar-refractivity contribution in [3.63, 3.8) is 0 Å². The molecule has 2 N–H and O–H groups in total. The number of rotatable bonds is 3. The Morgan fingerprint density at radius 2 is 2.05 bits per heavy atom. The molecule has 3 atom stereocenters.